The number of Topliss-reactive ketones (excluding diaryl/α,β-unsaturated/α-hetero) is 1. The molecular formula is C13H16Cl2O2S. The molecule has 1 aromatic carbocycles. The molecule has 2 nitrogen and oxygen atoms in total. The highest BCUT2D eigenvalue weighted by Crippen LogP contribution is 2.21. The summed E-state index contributed by atoms with van der Waals surface area (Å²) in [6.07, 6.45) is 3.00. The van der Waals surface area contributed by atoms with Crippen LogP contribution < -0.4 is 0 Å². The Bertz CT molecular complexity index is 447. The first-order valence-corrected chi connectivity index (χ1v) is 8.12. The van der Waals surface area contributed by atoms with E-state index in [9.17, 15) is 9.00 Å². The fourth-order valence-corrected chi connectivity index (χ4v) is 3.03. The van der Waals surface area contributed by atoms with Gasteiger partial charge in [0.1, 0.15) is 0 Å². The molecule has 0 saturated heterocycles. The van der Waals surface area contributed by atoms with Gasteiger partial charge in [-0.05, 0) is 24.6 Å². The summed E-state index contributed by atoms with van der Waals surface area (Å²) in [6.45, 7) is 2.08. The number of hydrogen-bond acceptors (Lipinski definition) is 2. The van der Waals surface area contributed by atoms with E-state index in [1.807, 2.05) is 0 Å². The third kappa shape index (κ3) is 5.09. The number of carbonyl (C=O) groups excluding carboxylic acids is 1. The minimum absolute atomic E-state index is 0.0176. The molecule has 0 bridgehead atoms. The summed E-state index contributed by atoms with van der Waals surface area (Å²) >= 11 is 11.7. The minimum atomic E-state index is -1.12. The highest BCUT2D eigenvalue weighted by Gasteiger charge is 2.14. The van der Waals surface area contributed by atoms with Crippen molar-refractivity contribution in [3.05, 3.63) is 33.8 Å². The molecule has 1 unspecified atom stereocenters. The van der Waals surface area contributed by atoms with Gasteiger partial charge in [0, 0.05) is 27.1 Å². The van der Waals surface area contributed by atoms with Gasteiger partial charge in [0.15, 0.2) is 5.78 Å². The smallest absolute Gasteiger partial charge is 0.176 e. The maximum absolute atomic E-state index is 11.9. The molecule has 0 amide bonds. The molecule has 0 aliphatic heterocycles. The standard InChI is InChI=1S/C13H16Cl2O2S/c1-2-3-4-7-18(17)9-13(16)11-8-10(14)5-6-12(11)15/h5-6,8H,2-4,7,9H2,1H3. The summed E-state index contributed by atoms with van der Waals surface area (Å²) in [5, 5.41) is 0.814. The summed E-state index contributed by atoms with van der Waals surface area (Å²) in [7, 11) is -1.12. The zero-order valence-electron chi connectivity index (χ0n) is 10.2. The van der Waals surface area contributed by atoms with Gasteiger partial charge in [0.05, 0.1) is 10.8 Å². The minimum Gasteiger partial charge on any atom is -0.293 e. The lowest BCUT2D eigenvalue weighted by molar-refractivity contribution is 0.102. The number of halogens is 2. The quantitative estimate of drug-likeness (QED) is 0.561. The second-order valence-corrected chi connectivity index (χ2v) is 6.46. The van der Waals surface area contributed by atoms with Crippen molar-refractivity contribution in [2.45, 2.75) is 26.2 Å². The van der Waals surface area contributed by atoms with Gasteiger partial charge in [0.2, 0.25) is 0 Å². The van der Waals surface area contributed by atoms with Crippen molar-refractivity contribution in [3.8, 4) is 0 Å². The Morgan fingerprint density at radius 1 is 1.28 bits per heavy atom. The van der Waals surface area contributed by atoms with Crippen molar-refractivity contribution in [3.63, 3.8) is 0 Å². The van der Waals surface area contributed by atoms with Gasteiger partial charge in [0.25, 0.3) is 0 Å². The molecule has 0 aromatic heterocycles. The van der Waals surface area contributed by atoms with Crippen LogP contribution in [0.25, 0.3) is 0 Å². The molecule has 0 spiro atoms. The van der Waals surface area contributed by atoms with Crippen molar-refractivity contribution >= 4 is 39.8 Å². The Balaban J connectivity index is 2.59. The average molecular weight is 307 g/mol. The number of unbranched alkanes of at least 4 members (excludes halogenated alkanes) is 2. The van der Waals surface area contributed by atoms with Gasteiger partial charge in [-0.3, -0.25) is 9.00 Å². The van der Waals surface area contributed by atoms with E-state index in [1.54, 1.807) is 12.1 Å². The summed E-state index contributed by atoms with van der Waals surface area (Å²) in [5.74, 6) is 0.374. The summed E-state index contributed by atoms with van der Waals surface area (Å²) in [5.41, 5.74) is 0.355. The van der Waals surface area contributed by atoms with Gasteiger partial charge in [-0.15, -0.1) is 0 Å². The number of ketones is 1. The van der Waals surface area contributed by atoms with Crippen LogP contribution in [0.15, 0.2) is 18.2 Å². The number of carbonyl (C=O) groups is 1. The van der Waals surface area contributed by atoms with E-state index in [-0.39, 0.29) is 11.5 Å². The topological polar surface area (TPSA) is 34.1 Å². The number of benzene rings is 1. The molecule has 5 heteroatoms. The van der Waals surface area contributed by atoms with Gasteiger partial charge >= 0.3 is 0 Å². The molecule has 0 fully saturated rings. The maximum atomic E-state index is 11.9. The van der Waals surface area contributed by atoms with Crippen LogP contribution in [0.4, 0.5) is 0 Å². The predicted octanol–water partition coefficient (Wildman–Crippen LogP) is 4.12. The first kappa shape index (κ1) is 15.7. The van der Waals surface area contributed by atoms with E-state index in [0.29, 0.717) is 21.4 Å². The Morgan fingerprint density at radius 3 is 2.67 bits per heavy atom. The van der Waals surface area contributed by atoms with Crippen LogP contribution >= 0.6 is 23.2 Å². The van der Waals surface area contributed by atoms with Crippen LogP contribution in [0.5, 0.6) is 0 Å². The molecule has 0 radical (unpaired) electrons. The second kappa shape index (κ2) is 7.93. The highest BCUT2D eigenvalue weighted by molar-refractivity contribution is 7.85. The van der Waals surface area contributed by atoms with Crippen molar-refractivity contribution in [2.24, 2.45) is 0 Å². The third-order valence-electron chi connectivity index (χ3n) is 2.50. The van der Waals surface area contributed by atoms with E-state index in [0.717, 1.165) is 19.3 Å². The fourth-order valence-electron chi connectivity index (χ4n) is 1.52. The van der Waals surface area contributed by atoms with Gasteiger partial charge in [-0.1, -0.05) is 43.0 Å². The molecule has 1 rings (SSSR count). The Hall–Kier alpha value is -0.380. The normalized spacial score (nSPS) is 12.4. The molecule has 0 aliphatic rings. The maximum Gasteiger partial charge on any atom is 0.176 e. The lowest BCUT2D eigenvalue weighted by Crippen LogP contribution is -2.13. The molecule has 18 heavy (non-hydrogen) atoms. The average Bonchev–Trinajstić information content (AvgIpc) is 2.32. The summed E-state index contributed by atoms with van der Waals surface area (Å²) in [4.78, 5) is 11.9. The van der Waals surface area contributed by atoms with E-state index in [2.05, 4.69) is 6.92 Å². The predicted molar refractivity (Wildman–Crippen MR) is 78.2 cm³/mol. The fraction of sp³-hybridized carbons (Fsp3) is 0.462. The van der Waals surface area contributed by atoms with Crippen LogP contribution in [0.1, 0.15) is 36.5 Å². The molecular weight excluding hydrogens is 291 g/mol. The Labute approximate surface area is 120 Å². The van der Waals surface area contributed by atoms with Crippen LogP contribution in [-0.2, 0) is 10.8 Å². The zero-order valence-corrected chi connectivity index (χ0v) is 12.6. The summed E-state index contributed by atoms with van der Waals surface area (Å²) in [6, 6.07) is 4.73. The first-order chi connectivity index (χ1) is 8.54. The van der Waals surface area contributed by atoms with E-state index in [1.165, 1.54) is 6.07 Å². The third-order valence-corrected chi connectivity index (χ3v) is 4.39. The van der Waals surface area contributed by atoms with E-state index >= 15 is 0 Å². The van der Waals surface area contributed by atoms with Crippen LogP contribution in [0.3, 0.4) is 0 Å². The lowest BCUT2D eigenvalue weighted by Gasteiger charge is -2.04. The first-order valence-electron chi connectivity index (χ1n) is 5.87. The van der Waals surface area contributed by atoms with Crippen LogP contribution in [0, 0.1) is 0 Å². The second-order valence-electron chi connectivity index (χ2n) is 4.04. The Morgan fingerprint density at radius 2 is 2.00 bits per heavy atom. The van der Waals surface area contributed by atoms with E-state index in [4.69, 9.17) is 23.2 Å². The van der Waals surface area contributed by atoms with Crippen molar-refractivity contribution in [1.82, 2.24) is 0 Å². The molecule has 0 heterocycles. The lowest BCUT2D eigenvalue weighted by atomic mass is 10.1. The SMILES string of the molecule is CCCCCS(=O)CC(=O)c1cc(Cl)ccc1Cl. The van der Waals surface area contributed by atoms with Crippen molar-refractivity contribution in [1.29, 1.82) is 0 Å². The Kier molecular flexibility index (Phi) is 6.90. The van der Waals surface area contributed by atoms with Gasteiger partial charge in [-0.25, -0.2) is 0 Å². The van der Waals surface area contributed by atoms with E-state index < -0.39 is 10.8 Å². The van der Waals surface area contributed by atoms with Crippen LogP contribution in [0.2, 0.25) is 10.0 Å². The highest BCUT2D eigenvalue weighted by atomic mass is 35.5. The van der Waals surface area contributed by atoms with Gasteiger partial charge in [-0.2, -0.15) is 0 Å². The monoisotopic (exact) mass is 306 g/mol. The van der Waals surface area contributed by atoms with Crippen LogP contribution in [-0.4, -0.2) is 21.5 Å². The van der Waals surface area contributed by atoms with Gasteiger partial charge < -0.3 is 0 Å². The molecule has 100 valence electrons. The molecule has 0 N–H and O–H groups in total. The van der Waals surface area contributed by atoms with Crippen molar-refractivity contribution < 1.29 is 9.00 Å². The molecule has 1 atom stereocenters. The summed E-state index contributed by atoms with van der Waals surface area (Å²) < 4.78 is 11.7. The largest absolute Gasteiger partial charge is 0.293 e. The zero-order chi connectivity index (χ0) is 13.5. The van der Waals surface area contributed by atoms with Crippen molar-refractivity contribution in [2.75, 3.05) is 11.5 Å². The molecule has 0 aliphatic carbocycles. The number of rotatable bonds is 7. The molecule has 1 aromatic rings. The number of hydrogen-bond donors (Lipinski definition) is 0. The molecule has 0 saturated carbocycles.